The summed E-state index contributed by atoms with van der Waals surface area (Å²) in [6.07, 6.45) is 11.6. The van der Waals surface area contributed by atoms with Crippen LogP contribution in [0.25, 0.3) is 0 Å². The summed E-state index contributed by atoms with van der Waals surface area (Å²) >= 11 is 0. The van der Waals surface area contributed by atoms with E-state index in [9.17, 15) is 0 Å². The van der Waals surface area contributed by atoms with Crippen molar-refractivity contribution in [3.63, 3.8) is 0 Å². The molecule has 106 valence electrons. The fourth-order valence-corrected chi connectivity index (χ4v) is 6.22. The van der Waals surface area contributed by atoms with Gasteiger partial charge in [-0.25, -0.2) is 0 Å². The summed E-state index contributed by atoms with van der Waals surface area (Å²) in [6.45, 7) is 0. The molecule has 5 aliphatic carbocycles. The molecule has 6 rings (SSSR count). The van der Waals surface area contributed by atoms with Crippen molar-refractivity contribution in [2.24, 2.45) is 11.8 Å². The fourth-order valence-electron chi connectivity index (χ4n) is 6.22. The van der Waals surface area contributed by atoms with Crippen molar-refractivity contribution >= 4 is 0 Å². The lowest BCUT2D eigenvalue weighted by Gasteiger charge is -2.63. The molecule has 0 spiro atoms. The van der Waals surface area contributed by atoms with Crippen LogP contribution in [0.15, 0.2) is 30.3 Å². The zero-order valence-electron chi connectivity index (χ0n) is 12.3. The molecule has 1 heteroatoms. The second-order valence-corrected chi connectivity index (χ2v) is 8.31. The Morgan fingerprint density at radius 3 is 2.25 bits per heavy atom. The number of hydrogen-bond donors (Lipinski definition) is 1. The molecule has 0 heterocycles. The molecule has 0 radical (unpaired) electrons. The Morgan fingerprint density at radius 1 is 0.900 bits per heavy atom. The first-order valence-corrected chi connectivity index (χ1v) is 8.59. The molecule has 1 N–H and O–H groups in total. The number of hydrogen-bond acceptors (Lipinski definition) is 1. The molecule has 0 aromatic heterocycles. The third-order valence-electron chi connectivity index (χ3n) is 6.53. The summed E-state index contributed by atoms with van der Waals surface area (Å²) in [5.74, 6) is 1.98. The van der Waals surface area contributed by atoms with E-state index in [0.29, 0.717) is 11.0 Å². The molecular formula is C19H25N. The molecule has 4 bridgehead atoms. The second kappa shape index (κ2) is 3.88. The van der Waals surface area contributed by atoms with Crippen LogP contribution in [-0.4, -0.2) is 11.6 Å². The van der Waals surface area contributed by atoms with Gasteiger partial charge in [-0.15, -0.1) is 0 Å². The number of rotatable bonds is 3. The normalized spacial score (nSPS) is 45.8. The third-order valence-corrected chi connectivity index (χ3v) is 6.53. The predicted molar refractivity (Wildman–Crippen MR) is 81.7 cm³/mol. The standard InChI is InChI=1S/C19H25N/c1-2-4-16(5-3-1)18-9-14-8-15(10-18)12-19(11-14,13-18)20-17-6-7-17/h1-5,14-15,17,20H,6-13H2. The van der Waals surface area contributed by atoms with Crippen molar-refractivity contribution in [1.29, 1.82) is 0 Å². The molecule has 2 unspecified atom stereocenters. The van der Waals surface area contributed by atoms with Gasteiger partial charge in [0.25, 0.3) is 0 Å². The highest BCUT2D eigenvalue weighted by Gasteiger charge is 2.58. The monoisotopic (exact) mass is 267 g/mol. The van der Waals surface area contributed by atoms with Gasteiger partial charge in [0.1, 0.15) is 0 Å². The van der Waals surface area contributed by atoms with E-state index in [1.54, 1.807) is 5.56 Å². The second-order valence-electron chi connectivity index (χ2n) is 8.31. The Kier molecular flexibility index (Phi) is 2.29. The van der Waals surface area contributed by atoms with Gasteiger partial charge in [-0.3, -0.25) is 0 Å². The molecular weight excluding hydrogens is 242 g/mol. The van der Waals surface area contributed by atoms with Crippen molar-refractivity contribution in [3.8, 4) is 0 Å². The van der Waals surface area contributed by atoms with Crippen LogP contribution in [0.2, 0.25) is 0 Å². The molecule has 20 heavy (non-hydrogen) atoms. The minimum atomic E-state index is 0.501. The highest BCUT2D eigenvalue weighted by atomic mass is 15.1. The predicted octanol–water partition coefficient (Wildman–Crippen LogP) is 4.03. The Labute approximate surface area is 122 Å². The van der Waals surface area contributed by atoms with Crippen LogP contribution >= 0.6 is 0 Å². The van der Waals surface area contributed by atoms with E-state index in [2.05, 4.69) is 35.6 Å². The van der Waals surface area contributed by atoms with Crippen molar-refractivity contribution in [2.45, 2.75) is 68.4 Å². The maximum absolute atomic E-state index is 4.09. The van der Waals surface area contributed by atoms with E-state index in [-0.39, 0.29) is 0 Å². The molecule has 5 aliphatic rings. The summed E-state index contributed by atoms with van der Waals surface area (Å²) < 4.78 is 0. The van der Waals surface area contributed by atoms with Crippen LogP contribution in [0.1, 0.15) is 56.9 Å². The highest BCUT2D eigenvalue weighted by molar-refractivity contribution is 5.31. The fraction of sp³-hybridized carbons (Fsp3) is 0.684. The molecule has 1 aromatic carbocycles. The average Bonchev–Trinajstić information content (AvgIpc) is 3.21. The Morgan fingerprint density at radius 2 is 1.60 bits per heavy atom. The van der Waals surface area contributed by atoms with Crippen LogP contribution in [0.3, 0.4) is 0 Å². The number of benzene rings is 1. The molecule has 5 saturated carbocycles. The minimum Gasteiger partial charge on any atom is -0.308 e. The lowest BCUT2D eigenvalue weighted by molar-refractivity contribution is -0.0415. The van der Waals surface area contributed by atoms with E-state index in [1.165, 1.54) is 51.4 Å². The van der Waals surface area contributed by atoms with Crippen LogP contribution in [0.5, 0.6) is 0 Å². The first-order chi connectivity index (χ1) is 9.75. The Hall–Kier alpha value is -0.820. The van der Waals surface area contributed by atoms with Gasteiger partial charge in [-0.1, -0.05) is 30.3 Å². The summed E-state index contributed by atoms with van der Waals surface area (Å²) in [4.78, 5) is 0. The minimum absolute atomic E-state index is 0.501. The summed E-state index contributed by atoms with van der Waals surface area (Å²) in [5.41, 5.74) is 2.64. The highest BCUT2D eigenvalue weighted by Crippen LogP contribution is 2.62. The average molecular weight is 267 g/mol. The van der Waals surface area contributed by atoms with Crippen molar-refractivity contribution in [2.75, 3.05) is 0 Å². The molecule has 2 atom stereocenters. The maximum atomic E-state index is 4.09. The summed E-state index contributed by atoms with van der Waals surface area (Å²) in [5, 5.41) is 4.09. The van der Waals surface area contributed by atoms with Crippen LogP contribution in [-0.2, 0) is 5.41 Å². The lowest BCUT2D eigenvalue weighted by atomic mass is 9.45. The SMILES string of the molecule is c1ccc(C23CC4CC(CC(NC5CC5)(C4)C2)C3)cc1. The van der Waals surface area contributed by atoms with Gasteiger partial charge in [0.2, 0.25) is 0 Å². The molecule has 1 aromatic rings. The van der Waals surface area contributed by atoms with Crippen molar-refractivity contribution in [3.05, 3.63) is 35.9 Å². The van der Waals surface area contributed by atoms with Crippen LogP contribution in [0.4, 0.5) is 0 Å². The van der Waals surface area contributed by atoms with E-state index < -0.39 is 0 Å². The van der Waals surface area contributed by atoms with Gasteiger partial charge in [-0.2, -0.15) is 0 Å². The van der Waals surface area contributed by atoms with Gasteiger partial charge in [0.15, 0.2) is 0 Å². The van der Waals surface area contributed by atoms with Gasteiger partial charge >= 0.3 is 0 Å². The van der Waals surface area contributed by atoms with E-state index >= 15 is 0 Å². The molecule has 0 saturated heterocycles. The first kappa shape index (κ1) is 11.8. The maximum Gasteiger partial charge on any atom is 0.0197 e. The van der Waals surface area contributed by atoms with Crippen LogP contribution in [0, 0.1) is 11.8 Å². The van der Waals surface area contributed by atoms with Gasteiger partial charge in [0, 0.05) is 11.6 Å². The smallest absolute Gasteiger partial charge is 0.0197 e. The molecule has 0 aliphatic heterocycles. The van der Waals surface area contributed by atoms with Gasteiger partial charge in [0.05, 0.1) is 0 Å². The molecule has 5 fully saturated rings. The van der Waals surface area contributed by atoms with Gasteiger partial charge < -0.3 is 5.32 Å². The molecule has 1 nitrogen and oxygen atoms in total. The zero-order valence-corrected chi connectivity index (χ0v) is 12.3. The third kappa shape index (κ3) is 1.72. The Balaban J connectivity index is 1.54. The zero-order chi connectivity index (χ0) is 13.2. The topological polar surface area (TPSA) is 12.0 Å². The van der Waals surface area contributed by atoms with E-state index in [4.69, 9.17) is 0 Å². The molecule has 0 amide bonds. The van der Waals surface area contributed by atoms with E-state index in [0.717, 1.165) is 17.9 Å². The largest absolute Gasteiger partial charge is 0.308 e. The van der Waals surface area contributed by atoms with Crippen LogP contribution < -0.4 is 5.32 Å². The summed E-state index contributed by atoms with van der Waals surface area (Å²) in [7, 11) is 0. The van der Waals surface area contributed by atoms with Crippen molar-refractivity contribution in [1.82, 2.24) is 5.32 Å². The lowest BCUT2D eigenvalue weighted by Crippen LogP contribution is -2.63. The Bertz CT molecular complexity index is 496. The van der Waals surface area contributed by atoms with Crippen molar-refractivity contribution < 1.29 is 0 Å². The quantitative estimate of drug-likeness (QED) is 0.872. The van der Waals surface area contributed by atoms with E-state index in [1.807, 2.05) is 0 Å². The van der Waals surface area contributed by atoms with Gasteiger partial charge in [-0.05, 0) is 74.2 Å². The number of nitrogens with one attached hydrogen (secondary N) is 1. The first-order valence-electron chi connectivity index (χ1n) is 8.59. The summed E-state index contributed by atoms with van der Waals surface area (Å²) in [6, 6.07) is 12.3.